The van der Waals surface area contributed by atoms with Crippen molar-refractivity contribution in [2.75, 3.05) is 6.61 Å². The lowest BCUT2D eigenvalue weighted by Crippen LogP contribution is -2.47. The van der Waals surface area contributed by atoms with Crippen LogP contribution in [-0.2, 0) is 20.8 Å². The van der Waals surface area contributed by atoms with Gasteiger partial charge in [0.25, 0.3) is 0 Å². The minimum Gasteiger partial charge on any atom is -0.456 e. The van der Waals surface area contributed by atoms with E-state index in [1.807, 2.05) is 30.3 Å². The molecule has 0 unspecified atom stereocenters. The fourth-order valence-corrected chi connectivity index (χ4v) is 2.97. The summed E-state index contributed by atoms with van der Waals surface area (Å²) in [5.41, 5.74) is -0.671. The third-order valence-corrected chi connectivity index (χ3v) is 4.31. The molecule has 1 aliphatic heterocycles. The van der Waals surface area contributed by atoms with Crippen LogP contribution in [0, 0.1) is 0 Å². The monoisotopic (exact) mass is 402 g/mol. The first kappa shape index (κ1) is 20.9. The van der Waals surface area contributed by atoms with Crippen molar-refractivity contribution in [3.63, 3.8) is 0 Å². The van der Waals surface area contributed by atoms with Gasteiger partial charge in [0.15, 0.2) is 5.69 Å². The van der Waals surface area contributed by atoms with Crippen molar-refractivity contribution < 1.29 is 28.2 Å². The van der Waals surface area contributed by atoms with Crippen LogP contribution < -0.4 is 0 Å². The molecule has 3 rings (SSSR count). The average Bonchev–Trinajstić information content (AvgIpc) is 3.23. The van der Waals surface area contributed by atoms with Gasteiger partial charge < -0.3 is 18.6 Å². The molecule has 2 aromatic rings. The zero-order valence-electron chi connectivity index (χ0n) is 17.3. The molecule has 0 spiro atoms. The summed E-state index contributed by atoms with van der Waals surface area (Å²) in [5, 5.41) is 0. The standard InChI is InChI=1S/C21H26N2O6/c1-20(2,3)29-19(25)23-16(13-28-21(23,4)5)17-22-15(12-26-17)18(24)27-11-14-9-7-6-8-10-14/h6-10,12,16H,11,13H2,1-5H3/t16-/m0/s1. The second-order valence-corrected chi connectivity index (χ2v) is 8.26. The summed E-state index contributed by atoms with van der Waals surface area (Å²) in [6.07, 6.45) is 0.678. The molecular weight excluding hydrogens is 376 g/mol. The smallest absolute Gasteiger partial charge is 0.413 e. The first-order chi connectivity index (χ1) is 13.6. The summed E-state index contributed by atoms with van der Waals surface area (Å²) in [6, 6.07) is 8.72. The Kier molecular flexibility index (Phi) is 5.66. The Bertz CT molecular complexity index is 869. The Hall–Kier alpha value is -2.87. The minimum atomic E-state index is -0.907. The number of ether oxygens (including phenoxy) is 3. The molecule has 1 aromatic carbocycles. The molecule has 0 N–H and O–H groups in total. The van der Waals surface area contributed by atoms with Gasteiger partial charge in [-0.25, -0.2) is 14.6 Å². The molecule has 0 saturated carbocycles. The van der Waals surface area contributed by atoms with Crippen LogP contribution in [0.25, 0.3) is 0 Å². The Morgan fingerprint density at radius 1 is 1.24 bits per heavy atom. The van der Waals surface area contributed by atoms with Crippen LogP contribution >= 0.6 is 0 Å². The number of rotatable bonds is 4. The number of oxazole rings is 1. The SMILES string of the molecule is CC(C)(C)OC(=O)N1[C@H](c2nc(C(=O)OCc3ccccc3)co2)COC1(C)C. The minimum absolute atomic E-state index is 0.0322. The number of hydrogen-bond acceptors (Lipinski definition) is 7. The van der Waals surface area contributed by atoms with E-state index >= 15 is 0 Å². The van der Waals surface area contributed by atoms with E-state index in [-0.39, 0.29) is 24.8 Å². The highest BCUT2D eigenvalue weighted by Gasteiger charge is 2.48. The van der Waals surface area contributed by atoms with Crippen LogP contribution in [0.15, 0.2) is 41.0 Å². The van der Waals surface area contributed by atoms with E-state index in [0.29, 0.717) is 0 Å². The maximum Gasteiger partial charge on any atom is 0.413 e. The molecule has 0 bridgehead atoms. The van der Waals surface area contributed by atoms with Crippen LogP contribution in [0.3, 0.4) is 0 Å². The molecule has 8 heteroatoms. The van der Waals surface area contributed by atoms with Crippen LogP contribution in [0.1, 0.15) is 62.6 Å². The fraction of sp³-hybridized carbons (Fsp3) is 0.476. The normalized spacial score (nSPS) is 18.5. The summed E-state index contributed by atoms with van der Waals surface area (Å²) in [5.74, 6) is -0.418. The zero-order valence-corrected chi connectivity index (χ0v) is 17.3. The lowest BCUT2D eigenvalue weighted by Gasteiger charge is -2.34. The van der Waals surface area contributed by atoms with Crippen molar-refractivity contribution in [1.82, 2.24) is 9.88 Å². The molecule has 1 aliphatic rings. The van der Waals surface area contributed by atoms with E-state index in [2.05, 4.69) is 4.98 Å². The largest absolute Gasteiger partial charge is 0.456 e. The number of aromatic nitrogens is 1. The lowest BCUT2D eigenvalue weighted by molar-refractivity contribution is -0.0634. The average molecular weight is 402 g/mol. The second kappa shape index (κ2) is 7.87. The highest BCUT2D eigenvalue weighted by atomic mass is 16.6. The molecule has 2 heterocycles. The van der Waals surface area contributed by atoms with Gasteiger partial charge in [0, 0.05) is 0 Å². The number of esters is 1. The summed E-state index contributed by atoms with van der Waals surface area (Å²) in [7, 11) is 0. The van der Waals surface area contributed by atoms with Crippen LogP contribution in [-0.4, -0.2) is 39.9 Å². The molecule has 0 aliphatic carbocycles. The molecule has 1 saturated heterocycles. The molecule has 1 aromatic heterocycles. The molecule has 1 atom stereocenters. The first-order valence-corrected chi connectivity index (χ1v) is 9.39. The van der Waals surface area contributed by atoms with Gasteiger partial charge in [-0.2, -0.15) is 0 Å². The number of nitrogens with zero attached hydrogens (tertiary/aromatic N) is 2. The Morgan fingerprint density at radius 2 is 1.93 bits per heavy atom. The van der Waals surface area contributed by atoms with Crippen LogP contribution in [0.4, 0.5) is 4.79 Å². The number of benzene rings is 1. The predicted octanol–water partition coefficient (Wildman–Crippen LogP) is 4.08. The predicted molar refractivity (Wildman–Crippen MR) is 103 cm³/mol. The highest BCUT2D eigenvalue weighted by molar-refractivity contribution is 5.86. The van der Waals surface area contributed by atoms with Gasteiger partial charge >= 0.3 is 12.1 Å². The maximum absolute atomic E-state index is 12.7. The van der Waals surface area contributed by atoms with Gasteiger partial charge in [0.05, 0.1) is 6.61 Å². The summed E-state index contributed by atoms with van der Waals surface area (Å²) in [4.78, 5) is 30.7. The molecule has 156 valence electrons. The topological polar surface area (TPSA) is 91.1 Å². The Balaban J connectivity index is 1.72. The second-order valence-electron chi connectivity index (χ2n) is 8.26. The van der Waals surface area contributed by atoms with Gasteiger partial charge in [-0.3, -0.25) is 4.90 Å². The fourth-order valence-electron chi connectivity index (χ4n) is 2.97. The van der Waals surface area contributed by atoms with Crippen LogP contribution in [0.5, 0.6) is 0 Å². The van der Waals surface area contributed by atoms with Crippen molar-refractivity contribution in [2.45, 2.75) is 58.6 Å². The van der Waals surface area contributed by atoms with E-state index in [1.165, 1.54) is 11.2 Å². The van der Waals surface area contributed by atoms with Crippen molar-refractivity contribution in [3.05, 3.63) is 53.7 Å². The first-order valence-electron chi connectivity index (χ1n) is 9.39. The molecule has 29 heavy (non-hydrogen) atoms. The number of hydrogen-bond donors (Lipinski definition) is 0. The number of carbonyl (C=O) groups excluding carboxylic acids is 2. The number of carbonyl (C=O) groups is 2. The van der Waals surface area contributed by atoms with Gasteiger partial charge in [0.1, 0.15) is 30.2 Å². The van der Waals surface area contributed by atoms with Crippen molar-refractivity contribution in [3.8, 4) is 0 Å². The molecule has 1 amide bonds. The van der Waals surface area contributed by atoms with E-state index in [0.717, 1.165) is 5.56 Å². The van der Waals surface area contributed by atoms with Gasteiger partial charge in [-0.05, 0) is 40.2 Å². The number of amides is 1. The van der Waals surface area contributed by atoms with Gasteiger partial charge in [0.2, 0.25) is 5.89 Å². The summed E-state index contributed by atoms with van der Waals surface area (Å²) in [6.45, 7) is 9.18. The van der Waals surface area contributed by atoms with E-state index in [1.54, 1.807) is 34.6 Å². The molecular formula is C21H26N2O6. The Morgan fingerprint density at radius 3 is 2.59 bits per heavy atom. The third kappa shape index (κ3) is 4.95. The van der Waals surface area contributed by atoms with Crippen molar-refractivity contribution >= 4 is 12.1 Å². The molecule has 8 nitrogen and oxygen atoms in total. The van der Waals surface area contributed by atoms with Crippen LogP contribution in [0.2, 0.25) is 0 Å². The van der Waals surface area contributed by atoms with Gasteiger partial charge in [-0.1, -0.05) is 30.3 Å². The maximum atomic E-state index is 12.7. The van der Waals surface area contributed by atoms with E-state index in [9.17, 15) is 9.59 Å². The summed E-state index contributed by atoms with van der Waals surface area (Å²) >= 11 is 0. The Labute approximate surface area is 169 Å². The van der Waals surface area contributed by atoms with Crippen molar-refractivity contribution in [2.24, 2.45) is 0 Å². The lowest BCUT2D eigenvalue weighted by atomic mass is 10.2. The van der Waals surface area contributed by atoms with E-state index in [4.69, 9.17) is 18.6 Å². The quantitative estimate of drug-likeness (QED) is 0.712. The molecule has 0 radical (unpaired) electrons. The highest BCUT2D eigenvalue weighted by Crippen LogP contribution is 2.37. The summed E-state index contributed by atoms with van der Waals surface area (Å²) < 4.78 is 22.0. The third-order valence-electron chi connectivity index (χ3n) is 4.31. The molecule has 1 fully saturated rings. The van der Waals surface area contributed by atoms with Crippen molar-refractivity contribution in [1.29, 1.82) is 0 Å². The van der Waals surface area contributed by atoms with E-state index < -0.39 is 29.4 Å². The zero-order chi connectivity index (χ0) is 21.2. The van der Waals surface area contributed by atoms with Gasteiger partial charge in [-0.15, -0.1) is 0 Å².